The van der Waals surface area contributed by atoms with Crippen molar-refractivity contribution in [3.05, 3.63) is 71.8 Å². The van der Waals surface area contributed by atoms with Crippen LogP contribution >= 0.6 is 0 Å². The molecule has 1 atom stereocenters. The van der Waals surface area contributed by atoms with Crippen molar-refractivity contribution in [2.45, 2.75) is 25.1 Å². The van der Waals surface area contributed by atoms with Gasteiger partial charge in [0.1, 0.15) is 0 Å². The summed E-state index contributed by atoms with van der Waals surface area (Å²) in [6.07, 6.45) is -5.24. The molecule has 0 saturated heterocycles. The molecule has 2 rings (SSSR count). The molecule has 0 bridgehead atoms. The van der Waals surface area contributed by atoms with Gasteiger partial charge in [0.25, 0.3) is 17.6 Å². The van der Waals surface area contributed by atoms with Crippen LogP contribution in [0.4, 0.5) is 13.2 Å². The molecule has 28 heavy (non-hydrogen) atoms. The van der Waals surface area contributed by atoms with Crippen molar-refractivity contribution in [3.8, 4) is 0 Å². The molecule has 0 heterocycles. The Morgan fingerprint density at radius 3 is 1.82 bits per heavy atom. The summed E-state index contributed by atoms with van der Waals surface area (Å²) in [5, 5.41) is 4.71. The number of ketones is 1. The van der Waals surface area contributed by atoms with Crippen molar-refractivity contribution < 1.29 is 27.6 Å². The maximum absolute atomic E-state index is 12.8. The van der Waals surface area contributed by atoms with Gasteiger partial charge in [0, 0.05) is 17.7 Å². The van der Waals surface area contributed by atoms with E-state index < -0.39 is 23.9 Å². The molecule has 1 unspecified atom stereocenters. The zero-order valence-electron chi connectivity index (χ0n) is 14.8. The van der Waals surface area contributed by atoms with Gasteiger partial charge in [0.05, 0.1) is 6.04 Å². The molecule has 2 aromatic rings. The largest absolute Gasteiger partial charge is 0.452 e. The van der Waals surface area contributed by atoms with E-state index in [1.807, 2.05) is 0 Å². The van der Waals surface area contributed by atoms with Gasteiger partial charge in [-0.25, -0.2) is 0 Å². The van der Waals surface area contributed by atoms with Gasteiger partial charge in [0.2, 0.25) is 0 Å². The minimum absolute atomic E-state index is 0.0660. The highest BCUT2D eigenvalue weighted by molar-refractivity contribution is 5.99. The Hall–Kier alpha value is -3.16. The molecule has 2 amide bonds. The molecule has 0 spiro atoms. The Balaban J connectivity index is 1.93. The van der Waals surface area contributed by atoms with Crippen molar-refractivity contribution in [2.24, 2.45) is 0 Å². The van der Waals surface area contributed by atoms with E-state index in [1.54, 1.807) is 48.5 Å². The number of rotatable bonds is 8. The third-order valence-electron chi connectivity index (χ3n) is 3.93. The number of carbonyl (C=O) groups is 3. The van der Waals surface area contributed by atoms with Crippen LogP contribution in [-0.4, -0.2) is 36.4 Å². The molecule has 5 nitrogen and oxygen atoms in total. The first-order valence-electron chi connectivity index (χ1n) is 8.59. The summed E-state index contributed by atoms with van der Waals surface area (Å²) in [6, 6.07) is 14.3. The number of Topliss-reactive ketones (excluding diaryl/α,β-unsaturated/α-hetero) is 1. The van der Waals surface area contributed by atoms with E-state index in [9.17, 15) is 27.6 Å². The maximum Gasteiger partial charge on any atom is 0.452 e. The van der Waals surface area contributed by atoms with Crippen molar-refractivity contribution in [1.82, 2.24) is 10.6 Å². The molecule has 0 aliphatic rings. The zero-order chi connectivity index (χ0) is 20.6. The lowest BCUT2D eigenvalue weighted by Gasteiger charge is -2.19. The Morgan fingerprint density at radius 2 is 1.32 bits per heavy atom. The first-order chi connectivity index (χ1) is 13.3. The van der Waals surface area contributed by atoms with E-state index in [1.165, 1.54) is 12.1 Å². The van der Waals surface area contributed by atoms with Crippen LogP contribution in [0, 0.1) is 0 Å². The highest BCUT2D eigenvalue weighted by Crippen LogP contribution is 2.20. The summed E-state index contributed by atoms with van der Waals surface area (Å²) in [5.74, 6) is -3.16. The van der Waals surface area contributed by atoms with Crippen LogP contribution in [0.1, 0.15) is 33.6 Å². The number of carbonyl (C=O) groups excluding carboxylic acids is 3. The summed E-state index contributed by atoms with van der Waals surface area (Å²) in [6.45, 7) is 0.0660. The number of hydrogen-bond acceptors (Lipinski definition) is 3. The lowest BCUT2D eigenvalue weighted by atomic mass is 10.0. The Bertz CT molecular complexity index is 808. The van der Waals surface area contributed by atoms with Gasteiger partial charge < -0.3 is 10.6 Å². The number of nitrogens with one attached hydrogen (secondary N) is 2. The first kappa shape index (κ1) is 21.1. The van der Waals surface area contributed by atoms with Crippen molar-refractivity contribution in [3.63, 3.8) is 0 Å². The quantitative estimate of drug-likeness (QED) is 0.678. The predicted molar refractivity (Wildman–Crippen MR) is 96.8 cm³/mol. The third-order valence-corrected chi connectivity index (χ3v) is 3.93. The van der Waals surface area contributed by atoms with Crippen LogP contribution in [0.5, 0.6) is 0 Å². The molecule has 0 saturated carbocycles. The molecule has 2 N–H and O–H groups in total. The predicted octanol–water partition coefficient (Wildman–Crippen LogP) is 3.13. The lowest BCUT2D eigenvalue weighted by Crippen LogP contribution is -2.47. The molecule has 0 aliphatic heterocycles. The monoisotopic (exact) mass is 392 g/mol. The van der Waals surface area contributed by atoms with Gasteiger partial charge in [0.15, 0.2) is 0 Å². The molecule has 2 aromatic carbocycles. The van der Waals surface area contributed by atoms with E-state index >= 15 is 0 Å². The fraction of sp³-hybridized carbons (Fsp3) is 0.250. The second-order valence-corrected chi connectivity index (χ2v) is 6.02. The van der Waals surface area contributed by atoms with Crippen LogP contribution in [-0.2, 0) is 4.79 Å². The fourth-order valence-electron chi connectivity index (χ4n) is 2.50. The van der Waals surface area contributed by atoms with Gasteiger partial charge in [-0.15, -0.1) is 0 Å². The second-order valence-electron chi connectivity index (χ2n) is 6.02. The second kappa shape index (κ2) is 9.68. The van der Waals surface area contributed by atoms with Crippen LogP contribution in [0.25, 0.3) is 0 Å². The molecular formula is C20H19F3N2O3. The molecule has 0 fully saturated rings. The van der Waals surface area contributed by atoms with Crippen molar-refractivity contribution in [2.75, 3.05) is 6.54 Å². The number of hydrogen-bond donors (Lipinski definition) is 2. The van der Waals surface area contributed by atoms with Gasteiger partial charge in [-0.05, 0) is 37.1 Å². The minimum Gasteiger partial charge on any atom is -0.352 e. The molecule has 8 heteroatoms. The Morgan fingerprint density at radius 1 is 0.821 bits per heavy atom. The summed E-state index contributed by atoms with van der Waals surface area (Å²) < 4.78 is 38.5. The standard InChI is InChI=1S/C20H19F3N2O3/c21-20(22,23)17(26)16(25-19(28)15-10-5-2-6-11-15)12-7-13-24-18(27)14-8-3-1-4-9-14/h1-6,8-11,16H,7,12-13H2,(H,24,27)(H,25,28). The van der Waals surface area contributed by atoms with E-state index in [2.05, 4.69) is 10.6 Å². The minimum atomic E-state index is -5.07. The van der Waals surface area contributed by atoms with Gasteiger partial charge in [-0.3, -0.25) is 14.4 Å². The highest BCUT2D eigenvalue weighted by Gasteiger charge is 2.43. The highest BCUT2D eigenvalue weighted by atomic mass is 19.4. The molecule has 0 aliphatic carbocycles. The molecule has 0 aromatic heterocycles. The van der Waals surface area contributed by atoms with Crippen molar-refractivity contribution >= 4 is 17.6 Å². The Kier molecular flexibility index (Phi) is 7.31. The molecule has 148 valence electrons. The lowest BCUT2D eigenvalue weighted by molar-refractivity contribution is -0.173. The number of alkyl halides is 3. The van der Waals surface area contributed by atoms with Crippen LogP contribution in [0.3, 0.4) is 0 Å². The maximum atomic E-state index is 12.8. The van der Waals surface area contributed by atoms with E-state index in [0.717, 1.165) is 0 Å². The van der Waals surface area contributed by atoms with E-state index in [4.69, 9.17) is 0 Å². The summed E-state index contributed by atoms with van der Waals surface area (Å²) >= 11 is 0. The first-order valence-corrected chi connectivity index (χ1v) is 8.59. The average Bonchev–Trinajstić information content (AvgIpc) is 2.70. The number of benzene rings is 2. The summed E-state index contributed by atoms with van der Waals surface area (Å²) in [4.78, 5) is 35.7. The van der Waals surface area contributed by atoms with E-state index in [0.29, 0.717) is 5.56 Å². The topological polar surface area (TPSA) is 75.3 Å². The zero-order valence-corrected chi connectivity index (χ0v) is 14.8. The van der Waals surface area contributed by atoms with E-state index in [-0.39, 0.29) is 30.9 Å². The van der Waals surface area contributed by atoms with Crippen LogP contribution < -0.4 is 10.6 Å². The smallest absolute Gasteiger partial charge is 0.352 e. The van der Waals surface area contributed by atoms with Gasteiger partial charge in [-0.1, -0.05) is 36.4 Å². The van der Waals surface area contributed by atoms with Gasteiger partial charge in [-0.2, -0.15) is 13.2 Å². The average molecular weight is 392 g/mol. The van der Waals surface area contributed by atoms with Crippen LogP contribution in [0.2, 0.25) is 0 Å². The molecule has 0 radical (unpaired) electrons. The molecular weight excluding hydrogens is 373 g/mol. The third kappa shape index (κ3) is 6.22. The summed E-state index contributed by atoms with van der Waals surface area (Å²) in [7, 11) is 0. The van der Waals surface area contributed by atoms with Gasteiger partial charge >= 0.3 is 6.18 Å². The number of halogens is 3. The van der Waals surface area contributed by atoms with Crippen molar-refractivity contribution in [1.29, 1.82) is 0 Å². The summed E-state index contributed by atoms with van der Waals surface area (Å²) in [5.41, 5.74) is 0.572. The SMILES string of the molecule is O=C(NCCCC(NC(=O)c1ccccc1)C(=O)C(F)(F)F)c1ccccc1. The normalized spacial score (nSPS) is 12.1. The fourth-order valence-corrected chi connectivity index (χ4v) is 2.50. The number of amides is 2. The Labute approximate surface area is 159 Å². The van der Waals surface area contributed by atoms with Crippen LogP contribution in [0.15, 0.2) is 60.7 Å².